The van der Waals surface area contributed by atoms with Crippen LogP contribution in [0.5, 0.6) is 5.75 Å². The number of rotatable bonds is 7. The number of nitrogens with zero attached hydrogens (tertiary/aromatic N) is 3. The first kappa shape index (κ1) is 20.0. The van der Waals surface area contributed by atoms with Gasteiger partial charge in [-0.1, -0.05) is 11.3 Å². The van der Waals surface area contributed by atoms with Crippen molar-refractivity contribution in [2.45, 2.75) is 18.9 Å². The average molecular weight is 414 g/mol. The number of ether oxygens (including phenoxy) is 2. The van der Waals surface area contributed by atoms with Crippen molar-refractivity contribution in [3.05, 3.63) is 18.2 Å². The van der Waals surface area contributed by atoms with Crippen LogP contribution < -0.4 is 9.64 Å². The summed E-state index contributed by atoms with van der Waals surface area (Å²) in [6.45, 7) is 0.783. The van der Waals surface area contributed by atoms with Crippen LogP contribution in [0.25, 0.3) is 10.2 Å². The smallest absolute Gasteiger partial charge is 0.244 e. The molecule has 1 saturated heterocycles. The van der Waals surface area contributed by atoms with Gasteiger partial charge in [-0.3, -0.25) is 9.69 Å². The summed E-state index contributed by atoms with van der Waals surface area (Å²) in [4.78, 5) is 19.0. The summed E-state index contributed by atoms with van der Waals surface area (Å²) in [5, 5.41) is 0.528. The van der Waals surface area contributed by atoms with Gasteiger partial charge in [0.2, 0.25) is 15.9 Å². The number of methoxy groups -OCH3 is 1. The van der Waals surface area contributed by atoms with Crippen LogP contribution in [0.2, 0.25) is 0 Å². The highest BCUT2D eigenvalue weighted by Gasteiger charge is 2.28. The van der Waals surface area contributed by atoms with E-state index in [9.17, 15) is 13.2 Å². The third kappa shape index (κ3) is 4.75. The van der Waals surface area contributed by atoms with Gasteiger partial charge in [0.15, 0.2) is 5.13 Å². The molecule has 1 atom stereocenters. The van der Waals surface area contributed by atoms with Gasteiger partial charge in [-0.05, 0) is 25.0 Å². The quantitative estimate of drug-likeness (QED) is 0.687. The zero-order valence-electron chi connectivity index (χ0n) is 15.5. The maximum absolute atomic E-state index is 12.9. The molecule has 1 unspecified atom stereocenters. The van der Waals surface area contributed by atoms with E-state index in [1.807, 2.05) is 18.2 Å². The van der Waals surface area contributed by atoms with E-state index in [-0.39, 0.29) is 18.6 Å². The Kier molecular flexibility index (Phi) is 5.99. The summed E-state index contributed by atoms with van der Waals surface area (Å²) < 4.78 is 36.2. The van der Waals surface area contributed by atoms with Crippen LogP contribution in [0.15, 0.2) is 18.2 Å². The van der Waals surface area contributed by atoms with E-state index in [4.69, 9.17) is 9.47 Å². The standard InChI is InChI=1S/C17H23N3O5S2/c1-19(27(3,22)23)11-16(21)20(10-13-5-4-8-25-13)17-18-14-9-12(24-2)6-7-15(14)26-17/h6-7,9,13H,4-5,8,10-11H2,1-3H3. The molecule has 0 aliphatic carbocycles. The second-order valence-corrected chi connectivity index (χ2v) is 9.59. The number of aromatic nitrogens is 1. The average Bonchev–Trinajstić information content (AvgIpc) is 3.26. The molecule has 148 valence electrons. The molecule has 0 spiro atoms. The molecule has 0 N–H and O–H groups in total. The summed E-state index contributed by atoms with van der Waals surface area (Å²) in [6, 6.07) is 5.55. The number of likely N-dealkylation sites (N-methyl/N-ethyl adjacent to an activating group) is 1. The SMILES string of the molecule is COc1ccc2sc(N(CC3CCCO3)C(=O)CN(C)S(C)(=O)=O)nc2c1. The van der Waals surface area contributed by atoms with Crippen molar-refractivity contribution in [3.63, 3.8) is 0 Å². The molecule has 1 fully saturated rings. The molecule has 0 radical (unpaired) electrons. The number of carbonyl (C=O) groups is 1. The molecular weight excluding hydrogens is 390 g/mol. The lowest BCUT2D eigenvalue weighted by Crippen LogP contribution is -2.44. The van der Waals surface area contributed by atoms with Gasteiger partial charge < -0.3 is 9.47 Å². The van der Waals surface area contributed by atoms with Gasteiger partial charge >= 0.3 is 0 Å². The molecule has 2 aromatic rings. The molecule has 1 aliphatic rings. The number of hydrogen-bond acceptors (Lipinski definition) is 7. The Morgan fingerprint density at radius 3 is 2.85 bits per heavy atom. The van der Waals surface area contributed by atoms with E-state index in [2.05, 4.69) is 4.98 Å². The highest BCUT2D eigenvalue weighted by Crippen LogP contribution is 2.32. The highest BCUT2D eigenvalue weighted by molar-refractivity contribution is 7.88. The first-order valence-electron chi connectivity index (χ1n) is 8.56. The van der Waals surface area contributed by atoms with Gasteiger partial charge in [-0.15, -0.1) is 0 Å². The van der Waals surface area contributed by atoms with Crippen molar-refractivity contribution >= 4 is 42.6 Å². The monoisotopic (exact) mass is 413 g/mol. The van der Waals surface area contributed by atoms with Crippen molar-refractivity contribution in [1.82, 2.24) is 9.29 Å². The lowest BCUT2D eigenvalue weighted by Gasteiger charge is -2.25. The number of fused-ring (bicyclic) bond motifs is 1. The van der Waals surface area contributed by atoms with Gasteiger partial charge in [-0.2, -0.15) is 4.31 Å². The van der Waals surface area contributed by atoms with E-state index in [0.717, 1.165) is 33.6 Å². The third-order valence-electron chi connectivity index (χ3n) is 4.45. The topological polar surface area (TPSA) is 89.0 Å². The van der Waals surface area contributed by atoms with Crippen LogP contribution in [0.3, 0.4) is 0 Å². The highest BCUT2D eigenvalue weighted by atomic mass is 32.2. The van der Waals surface area contributed by atoms with E-state index in [0.29, 0.717) is 24.0 Å². The zero-order chi connectivity index (χ0) is 19.6. The number of sulfonamides is 1. The maximum atomic E-state index is 12.9. The number of anilines is 1. The molecule has 1 amide bonds. The molecule has 0 saturated carbocycles. The van der Waals surface area contributed by atoms with Crippen molar-refractivity contribution in [2.24, 2.45) is 0 Å². The number of amides is 1. The molecule has 0 bridgehead atoms. The summed E-state index contributed by atoms with van der Waals surface area (Å²) in [6.07, 6.45) is 2.82. The van der Waals surface area contributed by atoms with Crippen molar-refractivity contribution < 1.29 is 22.7 Å². The Morgan fingerprint density at radius 1 is 1.44 bits per heavy atom. The maximum Gasteiger partial charge on any atom is 0.244 e. The third-order valence-corrected chi connectivity index (χ3v) is 6.77. The fourth-order valence-electron chi connectivity index (χ4n) is 2.81. The predicted molar refractivity (Wildman–Crippen MR) is 105 cm³/mol. The largest absolute Gasteiger partial charge is 0.497 e. The number of carbonyl (C=O) groups excluding carboxylic acids is 1. The lowest BCUT2D eigenvalue weighted by molar-refractivity contribution is -0.119. The summed E-state index contributed by atoms with van der Waals surface area (Å²) in [5.74, 6) is 0.359. The van der Waals surface area contributed by atoms with E-state index >= 15 is 0 Å². The molecule has 1 aromatic heterocycles. The minimum absolute atomic E-state index is 0.0703. The summed E-state index contributed by atoms with van der Waals surface area (Å²) >= 11 is 1.39. The van der Waals surface area contributed by atoms with Crippen molar-refractivity contribution in [2.75, 3.05) is 45.0 Å². The Labute approximate surface area is 162 Å². The molecule has 3 rings (SSSR count). The van der Waals surface area contributed by atoms with Crippen LogP contribution in [-0.4, -0.2) is 69.8 Å². The van der Waals surface area contributed by atoms with Gasteiger partial charge in [0.25, 0.3) is 0 Å². The molecule has 1 aromatic carbocycles. The molecule has 8 nitrogen and oxygen atoms in total. The normalized spacial score (nSPS) is 17.6. The van der Waals surface area contributed by atoms with Crippen LogP contribution in [0.4, 0.5) is 5.13 Å². The number of hydrogen-bond donors (Lipinski definition) is 0. The zero-order valence-corrected chi connectivity index (χ0v) is 17.2. The van der Waals surface area contributed by atoms with Crippen molar-refractivity contribution in [3.8, 4) is 5.75 Å². The lowest BCUT2D eigenvalue weighted by atomic mass is 10.2. The summed E-state index contributed by atoms with van der Waals surface area (Å²) in [5.41, 5.74) is 0.732. The number of thiazole rings is 1. The van der Waals surface area contributed by atoms with E-state index in [1.54, 1.807) is 7.11 Å². The molecule has 27 heavy (non-hydrogen) atoms. The fourth-order valence-corrected chi connectivity index (χ4v) is 4.13. The van der Waals surface area contributed by atoms with E-state index < -0.39 is 10.0 Å². The summed E-state index contributed by atoms with van der Waals surface area (Å²) in [7, 11) is -0.478. The minimum atomic E-state index is -3.45. The van der Waals surface area contributed by atoms with Gasteiger partial charge in [0.05, 0.1) is 42.8 Å². The minimum Gasteiger partial charge on any atom is -0.497 e. The second-order valence-electron chi connectivity index (χ2n) is 6.49. The Morgan fingerprint density at radius 2 is 2.22 bits per heavy atom. The molecule has 1 aliphatic heterocycles. The van der Waals surface area contributed by atoms with Crippen LogP contribution >= 0.6 is 11.3 Å². The van der Waals surface area contributed by atoms with Gasteiger partial charge in [0, 0.05) is 19.7 Å². The molecule has 10 heteroatoms. The first-order valence-corrected chi connectivity index (χ1v) is 11.2. The Balaban J connectivity index is 1.90. The molecule has 2 heterocycles. The van der Waals surface area contributed by atoms with Crippen LogP contribution in [0.1, 0.15) is 12.8 Å². The van der Waals surface area contributed by atoms with Gasteiger partial charge in [0.1, 0.15) is 5.75 Å². The van der Waals surface area contributed by atoms with Crippen molar-refractivity contribution in [1.29, 1.82) is 0 Å². The Bertz CT molecular complexity index is 922. The second kappa shape index (κ2) is 8.09. The first-order chi connectivity index (χ1) is 12.8. The predicted octanol–water partition coefficient (Wildman–Crippen LogP) is 1.71. The fraction of sp³-hybridized carbons (Fsp3) is 0.529. The van der Waals surface area contributed by atoms with E-state index in [1.165, 1.54) is 23.3 Å². The molecular formula is C17H23N3O5S2. The van der Waals surface area contributed by atoms with Crippen LogP contribution in [-0.2, 0) is 19.6 Å². The van der Waals surface area contributed by atoms with Crippen LogP contribution in [0, 0.1) is 0 Å². The Hall–Kier alpha value is -1.75. The van der Waals surface area contributed by atoms with Gasteiger partial charge in [-0.25, -0.2) is 13.4 Å². The number of benzene rings is 1.